The summed E-state index contributed by atoms with van der Waals surface area (Å²) in [7, 11) is 1.71. The summed E-state index contributed by atoms with van der Waals surface area (Å²) in [6.45, 7) is 1.51. The Labute approximate surface area is 198 Å². The van der Waals surface area contributed by atoms with E-state index in [-0.39, 0.29) is 41.9 Å². The van der Waals surface area contributed by atoms with Crippen LogP contribution in [0.3, 0.4) is 0 Å². The maximum atomic E-state index is 12.8. The lowest BCUT2D eigenvalue weighted by Crippen LogP contribution is -2.39. The van der Waals surface area contributed by atoms with Gasteiger partial charge in [-0.2, -0.15) is 5.10 Å². The van der Waals surface area contributed by atoms with Crippen molar-refractivity contribution in [3.8, 4) is 0 Å². The van der Waals surface area contributed by atoms with Crippen LogP contribution in [-0.4, -0.2) is 61.5 Å². The Bertz CT molecular complexity index is 1130. The number of hydrogen-bond donors (Lipinski definition) is 0. The quantitative estimate of drug-likeness (QED) is 0.611. The van der Waals surface area contributed by atoms with Crippen LogP contribution in [0.4, 0.5) is 0 Å². The fourth-order valence-corrected chi connectivity index (χ4v) is 5.66. The van der Waals surface area contributed by atoms with Gasteiger partial charge in [0.1, 0.15) is 5.82 Å². The number of amides is 3. The summed E-state index contributed by atoms with van der Waals surface area (Å²) >= 11 is 0. The first kappa shape index (κ1) is 22.6. The molecule has 1 aromatic heterocycles. The van der Waals surface area contributed by atoms with Crippen molar-refractivity contribution in [3.05, 3.63) is 51.7 Å². The van der Waals surface area contributed by atoms with E-state index in [4.69, 9.17) is 0 Å². The zero-order valence-corrected chi connectivity index (χ0v) is 19.6. The van der Waals surface area contributed by atoms with E-state index in [1.165, 1.54) is 9.58 Å². The lowest BCUT2D eigenvalue weighted by molar-refractivity contribution is -0.132. The Morgan fingerprint density at radius 3 is 2.21 bits per heavy atom. The smallest absolute Gasteiger partial charge is 0.343 e. The molecule has 9 heteroatoms. The Kier molecular flexibility index (Phi) is 6.10. The predicted molar refractivity (Wildman–Crippen MR) is 125 cm³/mol. The third-order valence-corrected chi connectivity index (χ3v) is 7.54. The molecule has 9 nitrogen and oxygen atoms in total. The van der Waals surface area contributed by atoms with Crippen molar-refractivity contribution in [1.82, 2.24) is 24.1 Å². The first-order valence-electron chi connectivity index (χ1n) is 12.3. The highest BCUT2D eigenvalue weighted by molar-refractivity contribution is 6.21. The fraction of sp³-hybridized carbons (Fsp3) is 0.560. The molecule has 34 heavy (non-hydrogen) atoms. The number of fused-ring (bicyclic) bond motifs is 1. The van der Waals surface area contributed by atoms with Crippen LogP contribution in [0.2, 0.25) is 0 Å². The van der Waals surface area contributed by atoms with Crippen LogP contribution in [0.5, 0.6) is 0 Å². The minimum Gasteiger partial charge on any atom is -0.343 e. The number of carbonyl (C=O) groups excluding carboxylic acids is 3. The molecule has 0 unspecified atom stereocenters. The van der Waals surface area contributed by atoms with Crippen LogP contribution in [0.15, 0.2) is 29.1 Å². The molecule has 1 aliphatic carbocycles. The number of imide groups is 1. The van der Waals surface area contributed by atoms with E-state index in [9.17, 15) is 19.2 Å². The molecule has 0 radical (unpaired) electrons. The number of benzene rings is 1. The molecule has 180 valence electrons. The van der Waals surface area contributed by atoms with E-state index in [1.54, 1.807) is 31.3 Å². The van der Waals surface area contributed by atoms with Gasteiger partial charge in [-0.05, 0) is 44.2 Å². The first-order valence-corrected chi connectivity index (χ1v) is 12.3. The average molecular weight is 466 g/mol. The topological polar surface area (TPSA) is 97.5 Å². The SMILES string of the molecule is Cn1nc(C2CCN(C(=O)CCCN3C(=O)c4ccccc4C3=O)CC2)n(C2CCCC2)c1=O. The molecule has 2 aliphatic heterocycles. The average Bonchev–Trinajstić information content (AvgIpc) is 3.54. The molecular formula is C25H31N5O4. The molecular weight excluding hydrogens is 434 g/mol. The summed E-state index contributed by atoms with van der Waals surface area (Å²) in [5.41, 5.74) is 0.839. The molecule has 1 saturated heterocycles. The highest BCUT2D eigenvalue weighted by Crippen LogP contribution is 2.33. The number of carbonyl (C=O) groups is 3. The van der Waals surface area contributed by atoms with Gasteiger partial charge in [0.25, 0.3) is 11.8 Å². The van der Waals surface area contributed by atoms with Crippen LogP contribution in [-0.2, 0) is 11.8 Å². The highest BCUT2D eigenvalue weighted by atomic mass is 16.2. The summed E-state index contributed by atoms with van der Waals surface area (Å²) in [5.74, 6) is 0.536. The molecule has 1 aromatic carbocycles. The monoisotopic (exact) mass is 465 g/mol. The van der Waals surface area contributed by atoms with Crippen molar-refractivity contribution in [2.75, 3.05) is 19.6 Å². The molecule has 2 aromatic rings. The van der Waals surface area contributed by atoms with E-state index < -0.39 is 0 Å². The maximum Gasteiger partial charge on any atom is 0.345 e. The third kappa shape index (κ3) is 3.97. The second-order valence-electron chi connectivity index (χ2n) is 9.64. The summed E-state index contributed by atoms with van der Waals surface area (Å²) in [6, 6.07) is 7.08. The number of hydrogen-bond acceptors (Lipinski definition) is 5. The lowest BCUT2D eigenvalue weighted by atomic mass is 9.95. The molecule has 5 rings (SSSR count). The van der Waals surface area contributed by atoms with Gasteiger partial charge in [0, 0.05) is 45.1 Å². The largest absolute Gasteiger partial charge is 0.345 e. The van der Waals surface area contributed by atoms with Crippen molar-refractivity contribution < 1.29 is 14.4 Å². The molecule has 3 aliphatic rings. The van der Waals surface area contributed by atoms with Crippen molar-refractivity contribution >= 4 is 17.7 Å². The Hall–Kier alpha value is -3.23. The van der Waals surface area contributed by atoms with Crippen LogP contribution in [0.1, 0.15) is 89.9 Å². The lowest BCUT2D eigenvalue weighted by Gasteiger charge is -2.32. The minimum absolute atomic E-state index is 0.0337. The maximum absolute atomic E-state index is 12.8. The summed E-state index contributed by atoms with van der Waals surface area (Å²) in [5, 5.41) is 4.57. The molecule has 3 heterocycles. The Morgan fingerprint density at radius 2 is 1.59 bits per heavy atom. The van der Waals surface area contributed by atoms with Gasteiger partial charge in [-0.25, -0.2) is 9.48 Å². The van der Waals surface area contributed by atoms with Gasteiger partial charge in [-0.15, -0.1) is 0 Å². The predicted octanol–water partition coefficient (Wildman–Crippen LogP) is 2.48. The van der Waals surface area contributed by atoms with Crippen molar-refractivity contribution in [2.45, 2.75) is 63.3 Å². The van der Waals surface area contributed by atoms with E-state index in [2.05, 4.69) is 5.10 Å². The van der Waals surface area contributed by atoms with Gasteiger partial charge in [0.15, 0.2) is 0 Å². The fourth-order valence-electron chi connectivity index (χ4n) is 5.66. The first-order chi connectivity index (χ1) is 16.5. The molecule has 0 spiro atoms. The molecule has 1 saturated carbocycles. The van der Waals surface area contributed by atoms with Gasteiger partial charge < -0.3 is 4.90 Å². The van der Waals surface area contributed by atoms with Crippen LogP contribution in [0.25, 0.3) is 0 Å². The van der Waals surface area contributed by atoms with E-state index in [0.29, 0.717) is 37.1 Å². The Balaban J connectivity index is 1.14. The second kappa shape index (κ2) is 9.19. The van der Waals surface area contributed by atoms with Gasteiger partial charge in [-0.1, -0.05) is 25.0 Å². The molecule has 2 fully saturated rings. The number of piperidine rings is 1. The van der Waals surface area contributed by atoms with Crippen molar-refractivity contribution in [1.29, 1.82) is 0 Å². The normalized spacial score (nSPS) is 19.3. The molecule has 3 amide bonds. The van der Waals surface area contributed by atoms with E-state index >= 15 is 0 Å². The third-order valence-electron chi connectivity index (χ3n) is 7.54. The van der Waals surface area contributed by atoms with Gasteiger partial charge >= 0.3 is 5.69 Å². The molecule has 0 N–H and O–H groups in total. The van der Waals surface area contributed by atoms with Crippen LogP contribution >= 0.6 is 0 Å². The highest BCUT2D eigenvalue weighted by Gasteiger charge is 2.35. The number of likely N-dealkylation sites (tertiary alicyclic amines) is 1. The number of aryl methyl sites for hydroxylation is 1. The zero-order valence-electron chi connectivity index (χ0n) is 19.6. The van der Waals surface area contributed by atoms with Gasteiger partial charge in [0.2, 0.25) is 5.91 Å². The number of aromatic nitrogens is 3. The number of rotatable bonds is 6. The minimum atomic E-state index is -0.280. The second-order valence-corrected chi connectivity index (χ2v) is 9.64. The van der Waals surface area contributed by atoms with Gasteiger partial charge in [0.05, 0.1) is 11.1 Å². The van der Waals surface area contributed by atoms with E-state index in [1.807, 2.05) is 9.47 Å². The molecule has 0 atom stereocenters. The Morgan fingerprint density at radius 1 is 0.971 bits per heavy atom. The number of nitrogens with zero attached hydrogens (tertiary/aromatic N) is 5. The summed E-state index contributed by atoms with van der Waals surface area (Å²) < 4.78 is 3.36. The van der Waals surface area contributed by atoms with Crippen molar-refractivity contribution in [2.24, 2.45) is 7.05 Å². The van der Waals surface area contributed by atoms with Crippen LogP contribution < -0.4 is 5.69 Å². The zero-order chi connectivity index (χ0) is 23.8. The van der Waals surface area contributed by atoms with E-state index in [0.717, 1.165) is 44.3 Å². The van der Waals surface area contributed by atoms with Gasteiger partial charge in [-0.3, -0.25) is 23.9 Å². The summed E-state index contributed by atoms with van der Waals surface area (Å²) in [6.07, 6.45) is 6.69. The molecule has 0 bridgehead atoms. The standard InChI is InChI=1S/C25H31N5O4/c1-27-25(34)30(18-7-2-3-8-18)22(26-27)17-12-15-28(16-13-17)21(31)11-6-14-29-23(32)19-9-4-5-10-20(19)24(29)33/h4-5,9-10,17-18H,2-3,6-8,11-16H2,1H3. The van der Waals surface area contributed by atoms with Crippen molar-refractivity contribution in [3.63, 3.8) is 0 Å². The van der Waals surface area contributed by atoms with Crippen LogP contribution in [0, 0.1) is 0 Å². The summed E-state index contributed by atoms with van der Waals surface area (Å²) in [4.78, 5) is 53.5.